The van der Waals surface area contributed by atoms with Crippen molar-refractivity contribution in [1.29, 1.82) is 0 Å². The third-order valence-corrected chi connectivity index (χ3v) is 6.50. The number of ether oxygens (including phenoxy) is 1. The lowest BCUT2D eigenvalue weighted by molar-refractivity contribution is -0.146. The first-order valence-electron chi connectivity index (χ1n) is 11.5. The van der Waals surface area contributed by atoms with Crippen molar-refractivity contribution < 1.29 is 14.3 Å². The highest BCUT2D eigenvalue weighted by Crippen LogP contribution is 2.45. The summed E-state index contributed by atoms with van der Waals surface area (Å²) in [6.07, 6.45) is 13.7. The number of allylic oxidation sites excluding steroid dienone is 7. The van der Waals surface area contributed by atoms with Crippen LogP contribution in [-0.2, 0) is 14.3 Å². The average Bonchev–Trinajstić information content (AvgIpc) is 2.67. The zero-order chi connectivity index (χ0) is 21.9. The molecule has 4 nitrogen and oxygen atoms in total. The molecule has 0 spiro atoms. The monoisotopic (exact) mass is 411 g/mol. The zero-order valence-electron chi connectivity index (χ0n) is 19.3. The van der Waals surface area contributed by atoms with Gasteiger partial charge in [0, 0.05) is 29.3 Å². The fourth-order valence-electron chi connectivity index (χ4n) is 5.05. The summed E-state index contributed by atoms with van der Waals surface area (Å²) >= 11 is 0. The Hall–Kier alpha value is -2.10. The number of carbonyl (C=O) groups is 2. The van der Waals surface area contributed by atoms with E-state index >= 15 is 0 Å². The van der Waals surface area contributed by atoms with Crippen LogP contribution in [0.4, 0.5) is 0 Å². The third kappa shape index (κ3) is 4.79. The van der Waals surface area contributed by atoms with Crippen LogP contribution in [0.15, 0.2) is 46.3 Å². The predicted molar refractivity (Wildman–Crippen MR) is 121 cm³/mol. The second kappa shape index (κ2) is 9.36. The van der Waals surface area contributed by atoms with Crippen LogP contribution in [0.5, 0.6) is 0 Å². The minimum Gasteiger partial charge on any atom is -0.459 e. The molecule has 1 atom stereocenters. The molecule has 2 aliphatic carbocycles. The van der Waals surface area contributed by atoms with Gasteiger partial charge >= 0.3 is 5.97 Å². The highest BCUT2D eigenvalue weighted by molar-refractivity contribution is 6.03. The zero-order valence-corrected chi connectivity index (χ0v) is 19.3. The fourth-order valence-corrected chi connectivity index (χ4v) is 5.05. The van der Waals surface area contributed by atoms with Gasteiger partial charge in [0.05, 0.1) is 5.57 Å². The maximum absolute atomic E-state index is 13.4. The molecule has 0 saturated heterocycles. The molecule has 0 aromatic rings. The van der Waals surface area contributed by atoms with E-state index < -0.39 is 0 Å². The largest absolute Gasteiger partial charge is 0.459 e. The van der Waals surface area contributed by atoms with Gasteiger partial charge in [-0.3, -0.25) is 4.79 Å². The van der Waals surface area contributed by atoms with E-state index in [4.69, 9.17) is 4.74 Å². The molecule has 1 aliphatic heterocycles. The summed E-state index contributed by atoms with van der Waals surface area (Å²) in [5.74, 6) is -0.488. The average molecular weight is 412 g/mol. The van der Waals surface area contributed by atoms with Gasteiger partial charge in [-0.2, -0.15) is 0 Å². The fraction of sp³-hybridized carbons (Fsp3) is 0.615. The summed E-state index contributed by atoms with van der Waals surface area (Å²) in [5.41, 5.74) is 4.05. The molecule has 0 aromatic heterocycles. The first kappa shape index (κ1) is 22.6. The molecule has 1 saturated carbocycles. The number of nitrogens with one attached hydrogen (secondary N) is 1. The van der Waals surface area contributed by atoms with E-state index in [1.165, 1.54) is 6.42 Å². The molecule has 1 N–H and O–H groups in total. The first-order valence-corrected chi connectivity index (χ1v) is 11.5. The molecule has 0 amide bonds. The number of hydrogen-bond donors (Lipinski definition) is 1. The summed E-state index contributed by atoms with van der Waals surface area (Å²) in [6.45, 7) is 10.3. The Balaban J connectivity index is 2.02. The second-order valence-electron chi connectivity index (χ2n) is 9.69. The lowest BCUT2D eigenvalue weighted by atomic mass is 9.68. The summed E-state index contributed by atoms with van der Waals surface area (Å²) < 4.78 is 5.96. The quantitative estimate of drug-likeness (QED) is 0.451. The Morgan fingerprint density at radius 3 is 2.53 bits per heavy atom. The molecule has 1 heterocycles. The molecular weight excluding hydrogens is 374 g/mol. The highest BCUT2D eigenvalue weighted by Gasteiger charge is 2.43. The van der Waals surface area contributed by atoms with Crippen LogP contribution in [0.3, 0.4) is 0 Å². The van der Waals surface area contributed by atoms with E-state index in [0.29, 0.717) is 12.0 Å². The maximum Gasteiger partial charge on any atom is 0.337 e. The SMILES string of the molecule is C/C=C(\C=C/CC)C1C(C(=O)OC2CCCCC2)=C(C)NC2=C1C(=O)CC(C)(C)C2. The molecule has 30 heavy (non-hydrogen) atoms. The Morgan fingerprint density at radius 2 is 1.90 bits per heavy atom. The number of Topliss-reactive ketones (excluding diaryl/α,β-unsaturated/α-hetero) is 1. The summed E-state index contributed by atoms with van der Waals surface area (Å²) in [6, 6.07) is 0. The molecule has 3 rings (SSSR count). The normalized spacial score (nSPS) is 25.4. The number of ketones is 1. The molecular formula is C26H37NO3. The van der Waals surface area contributed by atoms with E-state index in [1.807, 2.05) is 19.9 Å². The van der Waals surface area contributed by atoms with Crippen LogP contribution in [0.2, 0.25) is 0 Å². The van der Waals surface area contributed by atoms with Gasteiger partial charge in [0.2, 0.25) is 0 Å². The van der Waals surface area contributed by atoms with Crippen molar-refractivity contribution in [3.05, 3.63) is 46.3 Å². The number of carbonyl (C=O) groups excluding carboxylic acids is 2. The number of rotatable bonds is 5. The second-order valence-corrected chi connectivity index (χ2v) is 9.69. The van der Waals surface area contributed by atoms with E-state index in [9.17, 15) is 9.59 Å². The predicted octanol–water partition coefficient (Wildman–Crippen LogP) is 5.91. The Kier molecular flexibility index (Phi) is 7.05. The van der Waals surface area contributed by atoms with Gasteiger partial charge in [-0.15, -0.1) is 0 Å². The Morgan fingerprint density at radius 1 is 1.20 bits per heavy atom. The van der Waals surface area contributed by atoms with Gasteiger partial charge in [-0.1, -0.05) is 45.4 Å². The standard InChI is InChI=1S/C26H37NO3/c1-6-8-12-18(7-2)23-22(25(29)30-19-13-10-9-11-14-19)17(3)27-20-15-26(4,5)16-21(28)24(20)23/h7-8,12,19,23,27H,6,9-11,13-16H2,1-5H3/b12-8-,18-7+. The minimum atomic E-state index is -0.353. The highest BCUT2D eigenvalue weighted by atomic mass is 16.5. The number of esters is 1. The van der Waals surface area contributed by atoms with Crippen LogP contribution < -0.4 is 5.32 Å². The molecule has 4 heteroatoms. The lowest BCUT2D eigenvalue weighted by Crippen LogP contribution is -2.40. The molecule has 0 bridgehead atoms. The summed E-state index contributed by atoms with van der Waals surface area (Å²) in [5, 5.41) is 3.42. The van der Waals surface area contributed by atoms with E-state index in [-0.39, 0.29) is 29.2 Å². The van der Waals surface area contributed by atoms with E-state index in [1.54, 1.807) is 0 Å². The van der Waals surface area contributed by atoms with E-state index in [0.717, 1.165) is 61.1 Å². The Labute approximate surface area is 181 Å². The van der Waals surface area contributed by atoms with Crippen LogP contribution in [0.1, 0.15) is 86.0 Å². The van der Waals surface area contributed by atoms with Gasteiger partial charge < -0.3 is 10.1 Å². The summed E-state index contributed by atoms with van der Waals surface area (Å²) in [4.78, 5) is 26.7. The molecule has 164 valence electrons. The topological polar surface area (TPSA) is 55.4 Å². The minimum absolute atomic E-state index is 0.0104. The van der Waals surface area contributed by atoms with Gasteiger partial charge in [0.1, 0.15) is 6.10 Å². The summed E-state index contributed by atoms with van der Waals surface area (Å²) in [7, 11) is 0. The van der Waals surface area contributed by atoms with Crippen LogP contribution >= 0.6 is 0 Å². The molecule has 1 unspecified atom stereocenters. The lowest BCUT2D eigenvalue weighted by Gasteiger charge is -2.40. The third-order valence-electron chi connectivity index (χ3n) is 6.50. The van der Waals surface area contributed by atoms with Crippen LogP contribution in [-0.4, -0.2) is 17.9 Å². The van der Waals surface area contributed by atoms with Crippen molar-refractivity contribution in [1.82, 2.24) is 5.32 Å². The molecule has 0 aromatic carbocycles. The maximum atomic E-state index is 13.4. The van der Waals surface area contributed by atoms with Gasteiger partial charge in [-0.05, 0) is 63.4 Å². The van der Waals surface area contributed by atoms with Crippen LogP contribution in [0, 0.1) is 11.3 Å². The first-order chi connectivity index (χ1) is 14.3. The van der Waals surface area contributed by atoms with Crippen molar-refractivity contribution in [2.45, 2.75) is 92.1 Å². The van der Waals surface area contributed by atoms with Crippen molar-refractivity contribution in [2.75, 3.05) is 0 Å². The van der Waals surface area contributed by atoms with Crippen molar-refractivity contribution in [2.24, 2.45) is 11.3 Å². The smallest absolute Gasteiger partial charge is 0.337 e. The van der Waals surface area contributed by atoms with Crippen molar-refractivity contribution in [3.63, 3.8) is 0 Å². The van der Waals surface area contributed by atoms with E-state index in [2.05, 4.69) is 38.2 Å². The van der Waals surface area contributed by atoms with Crippen molar-refractivity contribution in [3.8, 4) is 0 Å². The number of dihydropyridines is 1. The van der Waals surface area contributed by atoms with Crippen molar-refractivity contribution >= 4 is 11.8 Å². The molecule has 3 aliphatic rings. The Bertz CT molecular complexity index is 819. The molecule has 1 fully saturated rings. The van der Waals surface area contributed by atoms with Gasteiger partial charge in [0.15, 0.2) is 5.78 Å². The van der Waals surface area contributed by atoms with Gasteiger partial charge in [-0.25, -0.2) is 4.79 Å². The molecule has 0 radical (unpaired) electrons. The van der Waals surface area contributed by atoms with Crippen LogP contribution in [0.25, 0.3) is 0 Å². The van der Waals surface area contributed by atoms with Gasteiger partial charge in [0.25, 0.3) is 0 Å². The number of hydrogen-bond acceptors (Lipinski definition) is 4.